The van der Waals surface area contributed by atoms with Gasteiger partial charge in [0.05, 0.1) is 10.6 Å². The Balaban J connectivity index is 2.01. The molecule has 0 atom stereocenters. The van der Waals surface area contributed by atoms with Gasteiger partial charge in [-0.1, -0.05) is 23.4 Å². The summed E-state index contributed by atoms with van der Waals surface area (Å²) in [6, 6.07) is 4.80. The van der Waals surface area contributed by atoms with Gasteiger partial charge in [0.15, 0.2) is 5.65 Å². The van der Waals surface area contributed by atoms with Crippen molar-refractivity contribution in [2.45, 2.75) is 9.92 Å². The number of carboxylic acids is 1. The normalized spacial score (nSPS) is 10.8. The number of nitrogens with zero attached hydrogens (tertiary/aromatic N) is 4. The van der Waals surface area contributed by atoms with E-state index in [1.807, 2.05) is 0 Å². The largest absolute Gasteiger partial charge is 0.478 e. The third kappa shape index (κ3) is 2.33. The van der Waals surface area contributed by atoms with Gasteiger partial charge in [0.2, 0.25) is 0 Å². The summed E-state index contributed by atoms with van der Waals surface area (Å²) in [4.78, 5) is 16.0. The number of halogens is 1. The van der Waals surface area contributed by atoms with E-state index in [1.165, 1.54) is 17.8 Å². The van der Waals surface area contributed by atoms with Crippen LogP contribution in [0.4, 0.5) is 0 Å². The van der Waals surface area contributed by atoms with Crippen LogP contribution in [0.25, 0.3) is 5.65 Å². The number of aromatic carboxylic acids is 1. The van der Waals surface area contributed by atoms with Crippen molar-refractivity contribution in [3.63, 3.8) is 0 Å². The maximum Gasteiger partial charge on any atom is 0.337 e. The molecule has 0 bridgehead atoms. The van der Waals surface area contributed by atoms with Gasteiger partial charge in [-0.05, 0) is 18.2 Å². The summed E-state index contributed by atoms with van der Waals surface area (Å²) in [5.74, 6) is -1.06. The maximum atomic E-state index is 11.1. The summed E-state index contributed by atoms with van der Waals surface area (Å²) in [6.45, 7) is 0. The van der Waals surface area contributed by atoms with Crippen LogP contribution in [0, 0.1) is 0 Å². The van der Waals surface area contributed by atoms with Crippen LogP contribution in [0.15, 0.2) is 46.8 Å². The van der Waals surface area contributed by atoms with Gasteiger partial charge in [0, 0.05) is 17.3 Å². The van der Waals surface area contributed by atoms with Crippen LogP contribution in [0.2, 0.25) is 5.02 Å². The molecule has 6 nitrogen and oxygen atoms in total. The summed E-state index contributed by atoms with van der Waals surface area (Å²) >= 11 is 7.15. The van der Waals surface area contributed by atoms with Crippen molar-refractivity contribution < 1.29 is 9.90 Å². The number of hydrogen-bond donors (Lipinski definition) is 1. The van der Waals surface area contributed by atoms with E-state index in [2.05, 4.69) is 15.2 Å². The Morgan fingerprint density at radius 2 is 2.25 bits per heavy atom. The van der Waals surface area contributed by atoms with E-state index in [-0.39, 0.29) is 10.6 Å². The van der Waals surface area contributed by atoms with Gasteiger partial charge in [-0.25, -0.2) is 9.78 Å². The fourth-order valence-corrected chi connectivity index (χ4v) is 2.74. The third-order valence-corrected chi connectivity index (χ3v) is 3.87. The van der Waals surface area contributed by atoms with Crippen molar-refractivity contribution in [1.82, 2.24) is 19.6 Å². The van der Waals surface area contributed by atoms with Crippen LogP contribution in [-0.2, 0) is 0 Å². The molecule has 2 heterocycles. The highest BCUT2D eigenvalue weighted by molar-refractivity contribution is 7.99. The van der Waals surface area contributed by atoms with Gasteiger partial charge in [0.25, 0.3) is 0 Å². The average molecular weight is 307 g/mol. The minimum atomic E-state index is -1.06. The second-order valence-electron chi connectivity index (χ2n) is 3.84. The third-order valence-electron chi connectivity index (χ3n) is 2.57. The first-order valence-electron chi connectivity index (χ1n) is 5.50. The van der Waals surface area contributed by atoms with Gasteiger partial charge in [-0.2, -0.15) is 0 Å². The van der Waals surface area contributed by atoms with E-state index >= 15 is 0 Å². The molecule has 3 aromatic rings. The lowest BCUT2D eigenvalue weighted by atomic mass is 10.2. The van der Waals surface area contributed by atoms with E-state index in [0.29, 0.717) is 10.7 Å². The van der Waals surface area contributed by atoms with E-state index in [0.717, 1.165) is 4.90 Å². The van der Waals surface area contributed by atoms with Crippen molar-refractivity contribution in [3.05, 3.63) is 47.5 Å². The molecule has 0 unspecified atom stereocenters. The molecule has 0 aliphatic rings. The van der Waals surface area contributed by atoms with E-state index in [4.69, 9.17) is 16.7 Å². The second-order valence-corrected chi connectivity index (χ2v) is 5.31. The SMILES string of the molecule is O=C(O)c1cc(Sc2nccn3cnnc23)ccc1Cl. The van der Waals surface area contributed by atoms with E-state index in [9.17, 15) is 4.79 Å². The highest BCUT2D eigenvalue weighted by Crippen LogP contribution is 2.30. The zero-order valence-electron chi connectivity index (χ0n) is 9.89. The number of carbonyl (C=O) groups is 1. The number of benzene rings is 1. The zero-order chi connectivity index (χ0) is 14.1. The number of fused-ring (bicyclic) bond motifs is 1. The van der Waals surface area contributed by atoms with Crippen LogP contribution in [-0.4, -0.2) is 30.7 Å². The highest BCUT2D eigenvalue weighted by Gasteiger charge is 2.12. The van der Waals surface area contributed by atoms with Crippen LogP contribution in [0.5, 0.6) is 0 Å². The van der Waals surface area contributed by atoms with Gasteiger partial charge in [0.1, 0.15) is 11.4 Å². The topological polar surface area (TPSA) is 80.4 Å². The Bertz CT molecular complexity index is 805. The van der Waals surface area contributed by atoms with Crippen molar-refractivity contribution in [2.75, 3.05) is 0 Å². The van der Waals surface area contributed by atoms with E-state index < -0.39 is 5.97 Å². The molecule has 0 radical (unpaired) electrons. The standard InChI is InChI=1S/C12H7ClN4O2S/c13-9-2-1-7(5-8(9)12(18)19)20-11-10-16-15-6-17(10)4-3-14-11/h1-6H,(H,18,19). The monoisotopic (exact) mass is 306 g/mol. The molecule has 0 saturated carbocycles. The molecule has 0 aliphatic heterocycles. The first-order chi connectivity index (χ1) is 9.65. The summed E-state index contributed by atoms with van der Waals surface area (Å²) in [7, 11) is 0. The lowest BCUT2D eigenvalue weighted by molar-refractivity contribution is 0.0697. The number of carboxylic acid groups (broad SMARTS) is 1. The van der Waals surface area contributed by atoms with Crippen molar-refractivity contribution >= 4 is 35.0 Å². The molecule has 0 spiro atoms. The Labute approximate surface area is 122 Å². The first kappa shape index (κ1) is 12.9. The van der Waals surface area contributed by atoms with Gasteiger partial charge in [-0.3, -0.25) is 4.40 Å². The van der Waals surface area contributed by atoms with E-state index in [1.54, 1.807) is 35.3 Å². The molecule has 20 heavy (non-hydrogen) atoms. The molecule has 2 aromatic heterocycles. The molecule has 100 valence electrons. The number of aromatic nitrogens is 4. The van der Waals surface area contributed by atoms with Crippen LogP contribution in [0.3, 0.4) is 0 Å². The van der Waals surface area contributed by atoms with Crippen LogP contribution >= 0.6 is 23.4 Å². The zero-order valence-corrected chi connectivity index (χ0v) is 11.5. The number of hydrogen-bond acceptors (Lipinski definition) is 5. The summed E-state index contributed by atoms with van der Waals surface area (Å²) in [5.41, 5.74) is 0.675. The van der Waals surface area contributed by atoms with Crippen LogP contribution < -0.4 is 0 Å². The molecular formula is C12H7ClN4O2S. The number of rotatable bonds is 3. The molecule has 3 rings (SSSR count). The fourth-order valence-electron chi connectivity index (χ4n) is 1.65. The Hall–Kier alpha value is -2.12. The van der Waals surface area contributed by atoms with Crippen LogP contribution in [0.1, 0.15) is 10.4 Å². The minimum Gasteiger partial charge on any atom is -0.478 e. The smallest absolute Gasteiger partial charge is 0.337 e. The lowest BCUT2D eigenvalue weighted by Crippen LogP contribution is -1.97. The molecule has 0 amide bonds. The molecule has 1 aromatic carbocycles. The quantitative estimate of drug-likeness (QED) is 0.801. The molecule has 0 aliphatic carbocycles. The molecule has 1 N–H and O–H groups in total. The lowest BCUT2D eigenvalue weighted by Gasteiger charge is -2.04. The molecule has 0 saturated heterocycles. The Kier molecular flexibility index (Phi) is 3.29. The molecular weight excluding hydrogens is 300 g/mol. The van der Waals surface area contributed by atoms with Gasteiger partial charge >= 0.3 is 5.97 Å². The summed E-state index contributed by atoms with van der Waals surface area (Å²) in [5, 5.41) is 17.7. The summed E-state index contributed by atoms with van der Waals surface area (Å²) in [6.07, 6.45) is 4.95. The van der Waals surface area contributed by atoms with Gasteiger partial charge < -0.3 is 5.11 Å². The predicted molar refractivity (Wildman–Crippen MR) is 73.3 cm³/mol. The predicted octanol–water partition coefficient (Wildman–Crippen LogP) is 2.63. The maximum absolute atomic E-state index is 11.1. The van der Waals surface area contributed by atoms with Crippen molar-refractivity contribution in [1.29, 1.82) is 0 Å². The Morgan fingerprint density at radius 3 is 3.05 bits per heavy atom. The Morgan fingerprint density at radius 1 is 1.40 bits per heavy atom. The fraction of sp³-hybridized carbons (Fsp3) is 0. The minimum absolute atomic E-state index is 0.0603. The molecule has 8 heteroatoms. The molecule has 0 fully saturated rings. The van der Waals surface area contributed by atoms with Crippen molar-refractivity contribution in [3.8, 4) is 0 Å². The second kappa shape index (κ2) is 5.10. The highest BCUT2D eigenvalue weighted by atomic mass is 35.5. The van der Waals surface area contributed by atoms with Crippen molar-refractivity contribution in [2.24, 2.45) is 0 Å². The first-order valence-corrected chi connectivity index (χ1v) is 6.69. The average Bonchev–Trinajstić information content (AvgIpc) is 2.90. The van der Waals surface area contributed by atoms with Gasteiger partial charge in [-0.15, -0.1) is 10.2 Å². The summed E-state index contributed by atoms with van der Waals surface area (Å²) < 4.78 is 1.74.